The minimum absolute atomic E-state index is 0.0254. The molecule has 1 aromatic carbocycles. The first kappa shape index (κ1) is 23.1. The molecule has 0 saturated heterocycles. The number of guanidine groups is 1. The van der Waals surface area contributed by atoms with E-state index < -0.39 is 12.4 Å². The summed E-state index contributed by atoms with van der Waals surface area (Å²) in [6, 6.07) is 3.79. The van der Waals surface area contributed by atoms with Gasteiger partial charge >= 0.3 is 6.61 Å². The number of rotatable bonds is 11. The van der Waals surface area contributed by atoms with E-state index in [9.17, 15) is 18.3 Å². The van der Waals surface area contributed by atoms with Crippen molar-refractivity contribution < 1.29 is 23.0 Å². The number of aliphatic imine (C=N–C) groups is 1. The average molecular weight is 389 g/mol. The second kappa shape index (κ2) is 11.7. The summed E-state index contributed by atoms with van der Waals surface area (Å²) in [6.07, 6.45) is 2.43. The lowest BCUT2D eigenvalue weighted by molar-refractivity contribution is -0.0506. The van der Waals surface area contributed by atoms with Crippen LogP contribution in [0.2, 0.25) is 0 Å². The monoisotopic (exact) mass is 389 g/mol. The van der Waals surface area contributed by atoms with Crippen molar-refractivity contribution in [2.75, 3.05) is 19.7 Å². The second-order valence-electron chi connectivity index (χ2n) is 6.32. The van der Waals surface area contributed by atoms with Crippen molar-refractivity contribution in [1.82, 2.24) is 10.6 Å². The van der Waals surface area contributed by atoms with Crippen LogP contribution in [0.1, 0.15) is 45.6 Å². The smallest absolute Gasteiger partial charge is 0.387 e. The molecule has 0 aliphatic rings. The van der Waals surface area contributed by atoms with Crippen LogP contribution < -0.4 is 15.4 Å². The zero-order valence-electron chi connectivity index (χ0n) is 16.2. The molecule has 27 heavy (non-hydrogen) atoms. The van der Waals surface area contributed by atoms with Gasteiger partial charge in [-0.2, -0.15) is 8.78 Å². The highest BCUT2D eigenvalue weighted by Crippen LogP contribution is 2.29. The molecule has 0 aliphatic carbocycles. The molecule has 1 aromatic rings. The molecule has 8 heteroatoms. The van der Waals surface area contributed by atoms with E-state index in [4.69, 9.17) is 0 Å². The molecule has 0 atom stereocenters. The summed E-state index contributed by atoms with van der Waals surface area (Å²) in [6.45, 7) is 4.13. The zero-order valence-corrected chi connectivity index (χ0v) is 16.2. The SMILES string of the molecule is CCNC(=NCc1c(F)cccc1OC(F)F)NCC(CC)(CC)CCO. The third-order valence-electron chi connectivity index (χ3n) is 4.80. The highest BCUT2D eigenvalue weighted by Gasteiger charge is 2.25. The van der Waals surface area contributed by atoms with Crippen molar-refractivity contribution in [2.24, 2.45) is 10.4 Å². The summed E-state index contributed by atoms with van der Waals surface area (Å²) in [5.41, 5.74) is -0.102. The van der Waals surface area contributed by atoms with Crippen LogP contribution in [0.25, 0.3) is 0 Å². The molecule has 0 aliphatic heterocycles. The van der Waals surface area contributed by atoms with E-state index in [-0.39, 0.29) is 29.9 Å². The molecule has 0 saturated carbocycles. The highest BCUT2D eigenvalue weighted by molar-refractivity contribution is 5.79. The molecular formula is C19H30F3N3O2. The molecule has 154 valence electrons. The maximum Gasteiger partial charge on any atom is 0.387 e. The number of benzene rings is 1. The van der Waals surface area contributed by atoms with E-state index in [1.807, 2.05) is 6.92 Å². The van der Waals surface area contributed by atoms with Gasteiger partial charge in [0.15, 0.2) is 5.96 Å². The van der Waals surface area contributed by atoms with E-state index in [0.717, 1.165) is 12.8 Å². The van der Waals surface area contributed by atoms with Gasteiger partial charge in [0.1, 0.15) is 11.6 Å². The molecular weight excluding hydrogens is 359 g/mol. The predicted molar refractivity (Wildman–Crippen MR) is 101 cm³/mol. The summed E-state index contributed by atoms with van der Waals surface area (Å²) >= 11 is 0. The Bertz CT molecular complexity index is 594. The van der Waals surface area contributed by atoms with Crippen molar-refractivity contribution in [1.29, 1.82) is 0 Å². The van der Waals surface area contributed by atoms with Crippen LogP contribution in [-0.2, 0) is 6.54 Å². The largest absolute Gasteiger partial charge is 0.434 e. The standard InChI is InChI=1S/C19H30F3N3O2/c1-4-19(5-2,10-11-26)13-25-18(23-6-3)24-12-14-15(20)8-7-9-16(14)27-17(21)22/h7-9,17,26H,4-6,10-13H2,1-3H3,(H2,23,24,25). The number of aliphatic hydroxyl groups is 1. The summed E-state index contributed by atoms with van der Waals surface area (Å²) in [5, 5.41) is 15.6. The van der Waals surface area contributed by atoms with Crippen molar-refractivity contribution in [3.8, 4) is 5.75 Å². The highest BCUT2D eigenvalue weighted by atomic mass is 19.3. The summed E-state index contributed by atoms with van der Waals surface area (Å²) < 4.78 is 43.5. The maximum absolute atomic E-state index is 14.1. The van der Waals surface area contributed by atoms with Crippen LogP contribution in [0.3, 0.4) is 0 Å². The quantitative estimate of drug-likeness (QED) is 0.399. The zero-order chi connectivity index (χ0) is 20.3. The van der Waals surface area contributed by atoms with Crippen molar-refractivity contribution in [3.63, 3.8) is 0 Å². The topological polar surface area (TPSA) is 65.9 Å². The van der Waals surface area contributed by atoms with E-state index in [1.54, 1.807) is 0 Å². The normalized spacial score (nSPS) is 12.4. The van der Waals surface area contributed by atoms with Crippen LogP contribution in [0, 0.1) is 11.2 Å². The molecule has 1 rings (SSSR count). The van der Waals surface area contributed by atoms with Crippen molar-refractivity contribution >= 4 is 5.96 Å². The van der Waals surface area contributed by atoms with Crippen molar-refractivity contribution in [3.05, 3.63) is 29.6 Å². The lowest BCUT2D eigenvalue weighted by Crippen LogP contribution is -2.43. The van der Waals surface area contributed by atoms with E-state index in [1.165, 1.54) is 18.2 Å². The lowest BCUT2D eigenvalue weighted by Gasteiger charge is -2.32. The van der Waals surface area contributed by atoms with Crippen LogP contribution in [0.15, 0.2) is 23.2 Å². The number of hydrogen-bond acceptors (Lipinski definition) is 3. The summed E-state index contributed by atoms with van der Waals surface area (Å²) in [7, 11) is 0. The van der Waals surface area contributed by atoms with Gasteiger partial charge in [-0.3, -0.25) is 0 Å². The van der Waals surface area contributed by atoms with Gasteiger partial charge in [-0.05, 0) is 43.7 Å². The lowest BCUT2D eigenvalue weighted by atomic mass is 9.79. The van der Waals surface area contributed by atoms with Gasteiger partial charge < -0.3 is 20.5 Å². The molecule has 0 amide bonds. The van der Waals surface area contributed by atoms with Gasteiger partial charge in [0.05, 0.1) is 12.1 Å². The van der Waals surface area contributed by atoms with Gasteiger partial charge in [-0.25, -0.2) is 9.38 Å². The maximum atomic E-state index is 14.1. The van der Waals surface area contributed by atoms with Crippen LogP contribution in [0.4, 0.5) is 13.2 Å². The van der Waals surface area contributed by atoms with E-state index in [0.29, 0.717) is 25.5 Å². The third-order valence-corrected chi connectivity index (χ3v) is 4.80. The Kier molecular flexibility index (Phi) is 9.99. The number of ether oxygens (including phenoxy) is 1. The minimum Gasteiger partial charge on any atom is -0.434 e. The Morgan fingerprint density at radius 2 is 1.93 bits per heavy atom. The van der Waals surface area contributed by atoms with E-state index >= 15 is 0 Å². The first-order valence-electron chi connectivity index (χ1n) is 9.26. The number of alkyl halides is 2. The molecule has 0 unspecified atom stereocenters. The number of nitrogens with one attached hydrogen (secondary N) is 2. The van der Waals surface area contributed by atoms with Gasteiger partial charge in [0.25, 0.3) is 0 Å². The minimum atomic E-state index is -3.03. The fourth-order valence-electron chi connectivity index (χ4n) is 2.85. The van der Waals surface area contributed by atoms with E-state index in [2.05, 4.69) is 34.2 Å². The third kappa shape index (κ3) is 7.28. The van der Waals surface area contributed by atoms with Gasteiger partial charge in [0, 0.05) is 19.7 Å². The molecule has 0 heterocycles. The van der Waals surface area contributed by atoms with Crippen LogP contribution in [-0.4, -0.2) is 37.4 Å². The van der Waals surface area contributed by atoms with Crippen molar-refractivity contribution in [2.45, 2.75) is 53.2 Å². The average Bonchev–Trinajstić information content (AvgIpc) is 2.64. The van der Waals surface area contributed by atoms with Gasteiger partial charge in [0.2, 0.25) is 0 Å². The molecule has 5 nitrogen and oxygen atoms in total. The summed E-state index contributed by atoms with van der Waals surface area (Å²) in [5.74, 6) is -0.418. The fourth-order valence-corrected chi connectivity index (χ4v) is 2.85. The van der Waals surface area contributed by atoms with Gasteiger partial charge in [-0.15, -0.1) is 0 Å². The number of halogens is 3. The first-order chi connectivity index (χ1) is 12.9. The van der Waals surface area contributed by atoms with Crippen LogP contribution >= 0.6 is 0 Å². The Labute approximate surface area is 159 Å². The van der Waals surface area contributed by atoms with Crippen LogP contribution in [0.5, 0.6) is 5.75 Å². The summed E-state index contributed by atoms with van der Waals surface area (Å²) in [4.78, 5) is 4.31. The first-order valence-corrected chi connectivity index (χ1v) is 9.26. The molecule has 0 fully saturated rings. The Balaban J connectivity index is 2.94. The Hall–Kier alpha value is -1.96. The Morgan fingerprint density at radius 3 is 2.48 bits per heavy atom. The molecule has 3 N–H and O–H groups in total. The molecule has 0 bridgehead atoms. The number of aliphatic hydroxyl groups excluding tert-OH is 1. The Morgan fingerprint density at radius 1 is 1.22 bits per heavy atom. The molecule has 0 spiro atoms. The fraction of sp³-hybridized carbons (Fsp3) is 0.632. The van der Waals surface area contributed by atoms with Gasteiger partial charge in [-0.1, -0.05) is 19.9 Å². The number of hydrogen-bond donors (Lipinski definition) is 3. The number of nitrogens with zero attached hydrogens (tertiary/aromatic N) is 1. The molecule has 0 aromatic heterocycles. The second-order valence-corrected chi connectivity index (χ2v) is 6.32. The predicted octanol–water partition coefficient (Wildman–Crippen LogP) is 3.67. The molecule has 0 radical (unpaired) electrons.